The van der Waals surface area contributed by atoms with Crippen LogP contribution in [-0.2, 0) is 4.74 Å². The van der Waals surface area contributed by atoms with Crippen LogP contribution in [0.25, 0.3) is 0 Å². The van der Waals surface area contributed by atoms with Crippen molar-refractivity contribution in [3.63, 3.8) is 0 Å². The molecule has 0 radical (unpaired) electrons. The maximum Gasteiger partial charge on any atom is 0.0603 e. The van der Waals surface area contributed by atoms with E-state index in [-0.39, 0.29) is 0 Å². The zero-order valence-electron chi connectivity index (χ0n) is 12.0. The molecule has 0 heterocycles. The van der Waals surface area contributed by atoms with Gasteiger partial charge in [-0.05, 0) is 45.1 Å². The van der Waals surface area contributed by atoms with Gasteiger partial charge in [-0.3, -0.25) is 0 Å². The summed E-state index contributed by atoms with van der Waals surface area (Å²) >= 11 is 0. The van der Waals surface area contributed by atoms with Gasteiger partial charge in [0.15, 0.2) is 0 Å². The van der Waals surface area contributed by atoms with Crippen molar-refractivity contribution in [2.75, 3.05) is 13.2 Å². The Balaban J connectivity index is 2.08. The first-order valence-electron chi connectivity index (χ1n) is 7.62. The Kier molecular flexibility index (Phi) is 7.87. The molecule has 0 aliphatic heterocycles. The summed E-state index contributed by atoms with van der Waals surface area (Å²) in [5.74, 6) is 0.829. The third-order valence-electron chi connectivity index (χ3n) is 4.03. The molecular formula is C15H31NO. The molecule has 1 aliphatic rings. The van der Waals surface area contributed by atoms with Gasteiger partial charge in [0, 0.05) is 12.6 Å². The Morgan fingerprint density at radius 2 is 2.00 bits per heavy atom. The first-order valence-corrected chi connectivity index (χ1v) is 7.62. The smallest absolute Gasteiger partial charge is 0.0603 e. The zero-order valence-corrected chi connectivity index (χ0v) is 12.0. The molecule has 0 bridgehead atoms. The van der Waals surface area contributed by atoms with E-state index in [0.717, 1.165) is 19.1 Å². The second-order valence-electron chi connectivity index (χ2n) is 5.46. The number of hydrogen-bond acceptors (Lipinski definition) is 2. The molecule has 2 heteroatoms. The molecule has 17 heavy (non-hydrogen) atoms. The summed E-state index contributed by atoms with van der Waals surface area (Å²) in [6.45, 7) is 8.76. The highest BCUT2D eigenvalue weighted by molar-refractivity contribution is 4.75. The summed E-state index contributed by atoms with van der Waals surface area (Å²) in [4.78, 5) is 0. The molecule has 1 N–H and O–H groups in total. The summed E-state index contributed by atoms with van der Waals surface area (Å²) in [7, 11) is 0. The lowest BCUT2D eigenvalue weighted by Gasteiger charge is -2.30. The molecular weight excluding hydrogens is 210 g/mol. The van der Waals surface area contributed by atoms with Gasteiger partial charge in [0.2, 0.25) is 0 Å². The summed E-state index contributed by atoms with van der Waals surface area (Å²) in [6, 6.07) is 0.636. The van der Waals surface area contributed by atoms with Crippen molar-refractivity contribution >= 4 is 0 Å². The van der Waals surface area contributed by atoms with Crippen LogP contribution in [0.3, 0.4) is 0 Å². The highest BCUT2D eigenvalue weighted by Gasteiger charge is 2.23. The van der Waals surface area contributed by atoms with Crippen LogP contribution in [0, 0.1) is 5.92 Å². The molecule has 0 spiro atoms. The lowest BCUT2D eigenvalue weighted by atomic mass is 9.85. The average molecular weight is 241 g/mol. The van der Waals surface area contributed by atoms with E-state index in [1.807, 2.05) is 0 Å². The van der Waals surface area contributed by atoms with Crippen molar-refractivity contribution in [3.05, 3.63) is 0 Å². The molecule has 0 amide bonds. The van der Waals surface area contributed by atoms with Gasteiger partial charge in [-0.15, -0.1) is 0 Å². The van der Waals surface area contributed by atoms with Crippen LogP contribution < -0.4 is 5.32 Å². The molecule has 3 unspecified atom stereocenters. The third-order valence-corrected chi connectivity index (χ3v) is 4.03. The molecule has 0 aromatic heterocycles. The van der Waals surface area contributed by atoms with Gasteiger partial charge in [0.1, 0.15) is 0 Å². The fourth-order valence-corrected chi connectivity index (χ4v) is 2.93. The van der Waals surface area contributed by atoms with Crippen LogP contribution in [0.1, 0.15) is 65.7 Å². The predicted octanol–water partition coefficient (Wildman–Crippen LogP) is 3.75. The van der Waals surface area contributed by atoms with Gasteiger partial charge in [0.25, 0.3) is 0 Å². The first-order chi connectivity index (χ1) is 8.27. The summed E-state index contributed by atoms with van der Waals surface area (Å²) in [5, 5.41) is 3.45. The molecule has 1 aliphatic carbocycles. The van der Waals surface area contributed by atoms with E-state index >= 15 is 0 Å². The minimum Gasteiger partial charge on any atom is -0.378 e. The number of hydrogen-bond donors (Lipinski definition) is 1. The molecule has 102 valence electrons. The summed E-state index contributed by atoms with van der Waals surface area (Å²) in [6.07, 6.45) is 9.74. The van der Waals surface area contributed by atoms with Gasteiger partial charge < -0.3 is 10.1 Å². The Morgan fingerprint density at radius 3 is 2.71 bits per heavy atom. The fraction of sp³-hybridized carbons (Fsp3) is 1.00. The first kappa shape index (κ1) is 15.0. The summed E-state index contributed by atoms with van der Waals surface area (Å²) in [5.41, 5.74) is 0. The Labute approximate surface area is 108 Å². The van der Waals surface area contributed by atoms with E-state index in [1.165, 1.54) is 44.9 Å². The van der Waals surface area contributed by atoms with Crippen LogP contribution in [0.4, 0.5) is 0 Å². The fourth-order valence-electron chi connectivity index (χ4n) is 2.93. The third kappa shape index (κ3) is 5.87. The number of rotatable bonds is 8. The largest absolute Gasteiger partial charge is 0.378 e. The van der Waals surface area contributed by atoms with E-state index < -0.39 is 0 Å². The van der Waals surface area contributed by atoms with E-state index in [4.69, 9.17) is 4.74 Å². The highest BCUT2D eigenvalue weighted by atomic mass is 16.5. The minimum absolute atomic E-state index is 0.559. The van der Waals surface area contributed by atoms with Crippen molar-refractivity contribution < 1.29 is 4.74 Å². The minimum atomic E-state index is 0.559. The van der Waals surface area contributed by atoms with Crippen molar-refractivity contribution in [1.82, 2.24) is 5.32 Å². The molecule has 1 saturated carbocycles. The normalized spacial score (nSPS) is 27.0. The SMILES string of the molecule is CCNC(C)CCCOC1CCCCC1CC. The highest BCUT2D eigenvalue weighted by Crippen LogP contribution is 2.29. The molecule has 1 fully saturated rings. The number of ether oxygens (including phenoxy) is 1. The second-order valence-corrected chi connectivity index (χ2v) is 5.46. The Hall–Kier alpha value is -0.0800. The van der Waals surface area contributed by atoms with Crippen molar-refractivity contribution in [2.24, 2.45) is 5.92 Å². The van der Waals surface area contributed by atoms with Gasteiger partial charge in [-0.2, -0.15) is 0 Å². The van der Waals surface area contributed by atoms with E-state index in [1.54, 1.807) is 0 Å². The lowest BCUT2D eigenvalue weighted by molar-refractivity contribution is -0.0139. The number of nitrogens with one attached hydrogen (secondary N) is 1. The van der Waals surface area contributed by atoms with Gasteiger partial charge in [-0.25, -0.2) is 0 Å². The molecule has 0 aromatic carbocycles. The Morgan fingerprint density at radius 1 is 1.24 bits per heavy atom. The van der Waals surface area contributed by atoms with Crippen LogP contribution in [0.2, 0.25) is 0 Å². The topological polar surface area (TPSA) is 21.3 Å². The zero-order chi connectivity index (χ0) is 12.5. The molecule has 0 saturated heterocycles. The van der Waals surface area contributed by atoms with Crippen molar-refractivity contribution in [3.8, 4) is 0 Å². The van der Waals surface area contributed by atoms with Gasteiger partial charge >= 0.3 is 0 Å². The quantitative estimate of drug-likeness (QED) is 0.653. The van der Waals surface area contributed by atoms with Crippen LogP contribution in [0.5, 0.6) is 0 Å². The van der Waals surface area contributed by atoms with E-state index in [0.29, 0.717) is 12.1 Å². The van der Waals surface area contributed by atoms with Gasteiger partial charge in [0.05, 0.1) is 6.10 Å². The van der Waals surface area contributed by atoms with Crippen molar-refractivity contribution in [2.45, 2.75) is 77.9 Å². The monoisotopic (exact) mass is 241 g/mol. The second kappa shape index (κ2) is 8.93. The van der Waals surface area contributed by atoms with Crippen LogP contribution in [0.15, 0.2) is 0 Å². The molecule has 1 rings (SSSR count). The predicted molar refractivity (Wildman–Crippen MR) is 74.4 cm³/mol. The van der Waals surface area contributed by atoms with Crippen LogP contribution in [-0.4, -0.2) is 25.3 Å². The maximum atomic E-state index is 6.09. The van der Waals surface area contributed by atoms with Gasteiger partial charge in [-0.1, -0.05) is 33.1 Å². The maximum absolute atomic E-state index is 6.09. The Bertz CT molecular complexity index is 184. The van der Waals surface area contributed by atoms with Crippen molar-refractivity contribution in [1.29, 1.82) is 0 Å². The molecule has 2 nitrogen and oxygen atoms in total. The molecule has 3 atom stereocenters. The standard InChI is InChI=1S/C15H31NO/c1-4-14-10-6-7-11-15(14)17-12-8-9-13(3)16-5-2/h13-16H,4-12H2,1-3H3. The lowest BCUT2D eigenvalue weighted by Crippen LogP contribution is -2.29. The van der Waals surface area contributed by atoms with E-state index in [9.17, 15) is 0 Å². The average Bonchev–Trinajstić information content (AvgIpc) is 2.35. The molecule has 0 aromatic rings. The van der Waals surface area contributed by atoms with E-state index in [2.05, 4.69) is 26.1 Å². The summed E-state index contributed by atoms with van der Waals surface area (Å²) < 4.78 is 6.09. The van der Waals surface area contributed by atoms with Crippen LogP contribution >= 0.6 is 0 Å².